The number of nitrogens with one attached hydrogen (secondary N) is 1. The van der Waals surface area contributed by atoms with Crippen molar-refractivity contribution in [3.8, 4) is 22.7 Å². The Morgan fingerprint density at radius 1 is 1.11 bits per heavy atom. The van der Waals surface area contributed by atoms with Gasteiger partial charge in [0.05, 0.1) is 11.4 Å². The number of fused-ring (bicyclic) bond motifs is 1. The Bertz CT molecular complexity index is 1500. The summed E-state index contributed by atoms with van der Waals surface area (Å²) in [6.45, 7) is 4.23. The van der Waals surface area contributed by atoms with Crippen LogP contribution in [0.1, 0.15) is 17.4 Å². The van der Waals surface area contributed by atoms with Crippen molar-refractivity contribution in [3.05, 3.63) is 106 Å². The summed E-state index contributed by atoms with van der Waals surface area (Å²) < 4.78 is 28.2. The number of ether oxygens (including phenoxy) is 2. The van der Waals surface area contributed by atoms with E-state index < -0.39 is 6.23 Å². The zero-order valence-corrected chi connectivity index (χ0v) is 21.8. The number of hydrogen-bond donors (Lipinski definition) is 1. The van der Waals surface area contributed by atoms with Crippen LogP contribution < -0.4 is 10.1 Å². The topological polar surface area (TPSA) is 68.6 Å². The molecule has 1 saturated heterocycles. The highest BCUT2D eigenvalue weighted by molar-refractivity contribution is 14.1. The standard InChI is InChI=1S/C28H22FIN4O3/c1-17-31-24-11-2-18(14-25(24)37-17)12-13-33-26(35)16-36-28(33)23-15-34(22-9-7-21(30)8-10-22)32-27(23)19-3-5-20(29)6-4-19/h2-11,14-15,28,31H,1,12-13,16H2. The highest BCUT2D eigenvalue weighted by Crippen LogP contribution is 2.37. The summed E-state index contributed by atoms with van der Waals surface area (Å²) in [4.78, 5) is 14.6. The first-order valence-electron chi connectivity index (χ1n) is 11.7. The van der Waals surface area contributed by atoms with Gasteiger partial charge in [-0.05, 0) is 102 Å². The summed E-state index contributed by atoms with van der Waals surface area (Å²) in [5.41, 5.74) is 4.90. The van der Waals surface area contributed by atoms with Crippen molar-refractivity contribution >= 4 is 34.2 Å². The molecule has 0 saturated carbocycles. The van der Waals surface area contributed by atoms with E-state index in [1.807, 2.05) is 48.7 Å². The third-order valence-corrected chi connectivity index (χ3v) is 7.10. The van der Waals surface area contributed by atoms with Gasteiger partial charge in [0.2, 0.25) is 0 Å². The number of aromatic nitrogens is 2. The lowest BCUT2D eigenvalue weighted by atomic mass is 10.1. The molecular weight excluding hydrogens is 586 g/mol. The van der Waals surface area contributed by atoms with Crippen LogP contribution in [-0.4, -0.2) is 33.7 Å². The van der Waals surface area contributed by atoms with E-state index in [0.29, 0.717) is 24.5 Å². The van der Waals surface area contributed by atoms with E-state index in [-0.39, 0.29) is 18.3 Å². The quantitative estimate of drug-likeness (QED) is 0.287. The Hall–Kier alpha value is -3.70. The van der Waals surface area contributed by atoms with Gasteiger partial charge in [-0.25, -0.2) is 9.07 Å². The van der Waals surface area contributed by atoms with Crippen LogP contribution in [0.5, 0.6) is 5.75 Å². The lowest BCUT2D eigenvalue weighted by Crippen LogP contribution is -2.30. The molecule has 9 heteroatoms. The molecule has 2 aliphatic rings. The van der Waals surface area contributed by atoms with E-state index in [1.54, 1.807) is 21.7 Å². The van der Waals surface area contributed by atoms with Gasteiger partial charge < -0.3 is 19.7 Å². The van der Waals surface area contributed by atoms with Crippen LogP contribution in [-0.2, 0) is 16.0 Å². The van der Waals surface area contributed by atoms with Crippen molar-refractivity contribution in [2.75, 3.05) is 18.5 Å². The van der Waals surface area contributed by atoms with Gasteiger partial charge in [-0.3, -0.25) is 4.79 Å². The molecule has 0 bridgehead atoms. The first-order chi connectivity index (χ1) is 17.9. The predicted octanol–water partition coefficient (Wildman–Crippen LogP) is 5.66. The summed E-state index contributed by atoms with van der Waals surface area (Å²) in [6.07, 6.45) is 1.89. The van der Waals surface area contributed by atoms with Gasteiger partial charge in [0.25, 0.3) is 5.91 Å². The SMILES string of the molecule is C=C1Nc2ccc(CCN3C(=O)COC3c3cn(-c4ccc(I)cc4)nc3-c3ccc(F)cc3)cc2O1. The van der Waals surface area contributed by atoms with Crippen LogP contribution in [0.2, 0.25) is 0 Å². The van der Waals surface area contributed by atoms with Crippen LogP contribution >= 0.6 is 22.6 Å². The molecule has 0 spiro atoms. The highest BCUT2D eigenvalue weighted by Gasteiger charge is 2.36. The van der Waals surface area contributed by atoms with E-state index in [1.165, 1.54) is 12.1 Å². The van der Waals surface area contributed by atoms with Crippen molar-refractivity contribution in [1.82, 2.24) is 14.7 Å². The van der Waals surface area contributed by atoms with Crippen molar-refractivity contribution in [2.24, 2.45) is 0 Å². The molecule has 1 fully saturated rings. The molecule has 0 radical (unpaired) electrons. The second-order valence-electron chi connectivity index (χ2n) is 8.84. The minimum atomic E-state index is -0.614. The minimum Gasteiger partial charge on any atom is -0.440 e. The van der Waals surface area contributed by atoms with E-state index in [9.17, 15) is 9.18 Å². The number of carbonyl (C=O) groups is 1. The molecular formula is C28H22FIN4O3. The molecule has 3 heterocycles. The maximum atomic E-state index is 13.7. The number of anilines is 1. The predicted molar refractivity (Wildman–Crippen MR) is 146 cm³/mol. The Morgan fingerprint density at radius 2 is 1.89 bits per heavy atom. The van der Waals surface area contributed by atoms with Crippen LogP contribution in [0.25, 0.3) is 16.9 Å². The van der Waals surface area contributed by atoms with Gasteiger partial charge in [-0.2, -0.15) is 5.10 Å². The second kappa shape index (κ2) is 9.64. The largest absolute Gasteiger partial charge is 0.440 e. The molecule has 0 aliphatic carbocycles. The molecule has 1 amide bonds. The Labute approximate surface area is 226 Å². The zero-order valence-electron chi connectivity index (χ0n) is 19.7. The molecule has 4 aromatic rings. The highest BCUT2D eigenvalue weighted by atomic mass is 127. The normalized spacial score (nSPS) is 16.6. The number of amides is 1. The molecule has 3 aromatic carbocycles. The first kappa shape index (κ1) is 23.7. The maximum absolute atomic E-state index is 13.7. The summed E-state index contributed by atoms with van der Waals surface area (Å²) >= 11 is 2.26. The fraction of sp³-hybridized carbons (Fsp3) is 0.143. The van der Waals surface area contributed by atoms with E-state index in [2.05, 4.69) is 34.5 Å². The fourth-order valence-electron chi connectivity index (χ4n) is 4.55. The summed E-state index contributed by atoms with van der Waals surface area (Å²) in [6, 6.07) is 20.0. The number of hydrogen-bond acceptors (Lipinski definition) is 5. The molecule has 7 nitrogen and oxygen atoms in total. The molecule has 1 aromatic heterocycles. The van der Waals surface area contributed by atoms with Gasteiger partial charge in [0, 0.05) is 27.4 Å². The van der Waals surface area contributed by atoms with Crippen LogP contribution in [0.15, 0.2) is 85.4 Å². The number of nitrogens with zero attached hydrogens (tertiary/aromatic N) is 3. The lowest BCUT2D eigenvalue weighted by Gasteiger charge is -2.23. The molecule has 2 aliphatic heterocycles. The zero-order chi connectivity index (χ0) is 25.5. The Morgan fingerprint density at radius 3 is 2.68 bits per heavy atom. The molecule has 186 valence electrons. The number of benzene rings is 3. The number of carbonyl (C=O) groups excluding carboxylic acids is 1. The average molecular weight is 608 g/mol. The van der Waals surface area contributed by atoms with Gasteiger partial charge in [0.1, 0.15) is 18.1 Å². The molecule has 1 atom stereocenters. The number of rotatable bonds is 6. The third-order valence-electron chi connectivity index (χ3n) is 6.38. The van der Waals surface area contributed by atoms with Crippen LogP contribution in [0, 0.1) is 9.39 Å². The van der Waals surface area contributed by atoms with Gasteiger partial charge in [-0.1, -0.05) is 6.07 Å². The Balaban J connectivity index is 1.32. The Kier molecular flexibility index (Phi) is 6.17. The summed E-state index contributed by atoms with van der Waals surface area (Å²) in [7, 11) is 0. The summed E-state index contributed by atoms with van der Waals surface area (Å²) in [5, 5.41) is 7.89. The van der Waals surface area contributed by atoms with Crippen molar-refractivity contribution in [1.29, 1.82) is 0 Å². The third kappa shape index (κ3) is 4.72. The second-order valence-corrected chi connectivity index (χ2v) is 10.1. The van der Waals surface area contributed by atoms with Crippen molar-refractivity contribution in [3.63, 3.8) is 0 Å². The van der Waals surface area contributed by atoms with Crippen molar-refractivity contribution < 1.29 is 18.7 Å². The molecule has 6 rings (SSSR count). The van der Waals surface area contributed by atoms with Crippen LogP contribution in [0.4, 0.5) is 10.1 Å². The molecule has 1 unspecified atom stereocenters. The fourth-order valence-corrected chi connectivity index (χ4v) is 4.91. The van der Waals surface area contributed by atoms with Crippen LogP contribution in [0.3, 0.4) is 0 Å². The van der Waals surface area contributed by atoms with Gasteiger partial charge in [0.15, 0.2) is 17.9 Å². The van der Waals surface area contributed by atoms with E-state index >= 15 is 0 Å². The van der Waals surface area contributed by atoms with Gasteiger partial charge >= 0.3 is 0 Å². The molecule has 37 heavy (non-hydrogen) atoms. The first-order valence-corrected chi connectivity index (χ1v) is 12.8. The van der Waals surface area contributed by atoms with Crippen molar-refractivity contribution in [2.45, 2.75) is 12.6 Å². The van der Waals surface area contributed by atoms with E-state index in [0.717, 1.165) is 37.4 Å². The average Bonchev–Trinajstić information content (AvgIpc) is 3.59. The summed E-state index contributed by atoms with van der Waals surface area (Å²) in [5.74, 6) is 0.798. The monoisotopic (exact) mass is 608 g/mol. The minimum absolute atomic E-state index is 0.0146. The van der Waals surface area contributed by atoms with E-state index in [4.69, 9.17) is 14.6 Å². The lowest BCUT2D eigenvalue weighted by molar-refractivity contribution is -0.128. The van der Waals surface area contributed by atoms with Gasteiger partial charge in [-0.15, -0.1) is 0 Å². The maximum Gasteiger partial charge on any atom is 0.250 e. The smallest absolute Gasteiger partial charge is 0.250 e. The molecule has 1 N–H and O–H groups in total. The number of halogens is 2.